The number of halogens is 1. The van der Waals surface area contributed by atoms with Gasteiger partial charge in [-0.25, -0.2) is 0 Å². The zero-order chi connectivity index (χ0) is 17.0. The lowest BCUT2D eigenvalue weighted by molar-refractivity contribution is 0.174. The average molecular weight is 477 g/mol. The lowest BCUT2D eigenvalue weighted by Crippen LogP contribution is -2.45. The summed E-state index contributed by atoms with van der Waals surface area (Å²) < 4.78 is 10.9. The van der Waals surface area contributed by atoms with E-state index in [9.17, 15) is 0 Å². The number of nitrogens with zero attached hydrogens (tertiary/aromatic N) is 1. The minimum Gasteiger partial charge on any atom is -0.454 e. The molecular formula is C18H28IN3O2S. The second-order valence-electron chi connectivity index (χ2n) is 6.89. The van der Waals surface area contributed by atoms with Crippen molar-refractivity contribution in [3.63, 3.8) is 0 Å². The first-order chi connectivity index (χ1) is 11.6. The Morgan fingerprint density at radius 2 is 2.08 bits per heavy atom. The summed E-state index contributed by atoms with van der Waals surface area (Å²) in [6, 6.07) is 6.18. The molecule has 0 bridgehead atoms. The Hall–Kier alpha value is -0.830. The van der Waals surface area contributed by atoms with E-state index in [0.29, 0.717) is 12.0 Å². The standard InChI is InChI=1S/C18H27N3O2S.HI/c1-18(2,13-6-7-15-16(9-13)23-12-22-15)11-21-17(19-3)20-10-14-5-4-8-24-14;/h6-7,9,14H,4-5,8,10-12H2,1-3H3,(H2,19,20,21);1H. The summed E-state index contributed by atoms with van der Waals surface area (Å²) in [5.41, 5.74) is 1.18. The first-order valence-corrected chi connectivity index (χ1v) is 9.59. The Balaban J connectivity index is 0.00000225. The maximum Gasteiger partial charge on any atom is 0.231 e. The maximum absolute atomic E-state index is 5.50. The van der Waals surface area contributed by atoms with Crippen molar-refractivity contribution in [2.24, 2.45) is 4.99 Å². The molecule has 2 aliphatic rings. The van der Waals surface area contributed by atoms with Crippen molar-refractivity contribution in [3.8, 4) is 11.5 Å². The number of aliphatic imine (C=N–C) groups is 1. The van der Waals surface area contributed by atoms with E-state index in [2.05, 4.69) is 53.4 Å². The van der Waals surface area contributed by atoms with E-state index in [-0.39, 0.29) is 29.4 Å². The van der Waals surface area contributed by atoms with E-state index < -0.39 is 0 Å². The van der Waals surface area contributed by atoms with Crippen LogP contribution in [-0.2, 0) is 5.41 Å². The number of benzene rings is 1. The molecule has 140 valence electrons. The molecule has 2 heterocycles. The molecule has 0 aliphatic carbocycles. The highest BCUT2D eigenvalue weighted by Gasteiger charge is 2.24. The van der Waals surface area contributed by atoms with Crippen molar-refractivity contribution in [2.45, 2.75) is 37.4 Å². The molecule has 25 heavy (non-hydrogen) atoms. The largest absolute Gasteiger partial charge is 0.454 e. The van der Waals surface area contributed by atoms with Gasteiger partial charge in [0, 0.05) is 30.8 Å². The highest BCUT2D eigenvalue weighted by atomic mass is 127. The Bertz CT molecular complexity index is 604. The van der Waals surface area contributed by atoms with Gasteiger partial charge in [0.2, 0.25) is 6.79 Å². The molecule has 0 spiro atoms. The Morgan fingerprint density at radius 1 is 1.28 bits per heavy atom. The fourth-order valence-electron chi connectivity index (χ4n) is 2.96. The van der Waals surface area contributed by atoms with Crippen LogP contribution in [0.1, 0.15) is 32.3 Å². The third-order valence-corrected chi connectivity index (χ3v) is 5.99. The topological polar surface area (TPSA) is 54.9 Å². The summed E-state index contributed by atoms with van der Waals surface area (Å²) in [7, 11) is 1.82. The highest BCUT2D eigenvalue weighted by Crippen LogP contribution is 2.36. The van der Waals surface area contributed by atoms with Crippen molar-refractivity contribution in [2.75, 3.05) is 32.7 Å². The molecule has 1 fully saturated rings. The van der Waals surface area contributed by atoms with Gasteiger partial charge in [0.15, 0.2) is 17.5 Å². The SMILES string of the molecule is CN=C(NCC1CCCS1)NCC(C)(C)c1ccc2c(c1)OCO2.I. The van der Waals surface area contributed by atoms with Crippen LogP contribution in [0.25, 0.3) is 0 Å². The van der Waals surface area contributed by atoms with Gasteiger partial charge in [-0.15, -0.1) is 24.0 Å². The van der Waals surface area contributed by atoms with Crippen LogP contribution in [0.2, 0.25) is 0 Å². The number of fused-ring (bicyclic) bond motifs is 1. The number of rotatable bonds is 5. The quantitative estimate of drug-likeness (QED) is 0.387. The van der Waals surface area contributed by atoms with Crippen molar-refractivity contribution in [3.05, 3.63) is 23.8 Å². The number of guanidine groups is 1. The molecule has 2 aliphatic heterocycles. The summed E-state index contributed by atoms with van der Waals surface area (Å²) >= 11 is 2.06. The molecule has 1 unspecified atom stereocenters. The zero-order valence-corrected chi connectivity index (χ0v) is 18.3. The van der Waals surface area contributed by atoms with Crippen molar-refractivity contribution in [1.29, 1.82) is 0 Å². The van der Waals surface area contributed by atoms with Crippen LogP contribution in [0.5, 0.6) is 11.5 Å². The third kappa shape index (κ3) is 5.32. The first-order valence-electron chi connectivity index (χ1n) is 8.55. The van der Waals surface area contributed by atoms with Crippen molar-refractivity contribution in [1.82, 2.24) is 10.6 Å². The molecule has 5 nitrogen and oxygen atoms in total. The molecule has 0 amide bonds. The number of hydrogen-bond donors (Lipinski definition) is 2. The van der Waals surface area contributed by atoms with Crippen LogP contribution >= 0.6 is 35.7 Å². The summed E-state index contributed by atoms with van der Waals surface area (Å²) in [6.07, 6.45) is 2.64. The molecule has 1 aromatic rings. The van der Waals surface area contributed by atoms with E-state index in [1.165, 1.54) is 24.2 Å². The van der Waals surface area contributed by atoms with Gasteiger partial charge >= 0.3 is 0 Å². The van der Waals surface area contributed by atoms with Crippen molar-refractivity contribution < 1.29 is 9.47 Å². The summed E-state index contributed by atoms with van der Waals surface area (Å²) in [5.74, 6) is 3.82. The number of thioether (sulfide) groups is 1. The molecule has 1 atom stereocenters. The van der Waals surface area contributed by atoms with Crippen LogP contribution < -0.4 is 20.1 Å². The lowest BCUT2D eigenvalue weighted by atomic mass is 9.84. The number of ether oxygens (including phenoxy) is 2. The van der Waals surface area contributed by atoms with E-state index >= 15 is 0 Å². The minimum atomic E-state index is -0.0410. The second kappa shape index (κ2) is 9.21. The Labute approximate surface area is 171 Å². The summed E-state index contributed by atoms with van der Waals surface area (Å²) in [4.78, 5) is 4.34. The predicted molar refractivity (Wildman–Crippen MR) is 116 cm³/mol. The molecule has 0 saturated carbocycles. The molecule has 1 aromatic carbocycles. The van der Waals surface area contributed by atoms with Gasteiger partial charge < -0.3 is 20.1 Å². The molecule has 7 heteroatoms. The number of hydrogen-bond acceptors (Lipinski definition) is 4. The summed E-state index contributed by atoms with van der Waals surface area (Å²) in [5, 5.41) is 7.62. The maximum atomic E-state index is 5.50. The van der Waals surface area contributed by atoms with Crippen LogP contribution in [-0.4, -0.2) is 43.9 Å². The Kier molecular flexibility index (Phi) is 7.54. The van der Waals surface area contributed by atoms with Gasteiger partial charge in [0.25, 0.3) is 0 Å². The van der Waals surface area contributed by atoms with Gasteiger partial charge in [0.05, 0.1) is 0 Å². The summed E-state index contributed by atoms with van der Waals surface area (Å²) in [6.45, 7) is 6.53. The van der Waals surface area contributed by atoms with Crippen LogP contribution in [0.4, 0.5) is 0 Å². The molecule has 3 rings (SSSR count). The predicted octanol–water partition coefficient (Wildman–Crippen LogP) is 3.37. The van der Waals surface area contributed by atoms with Gasteiger partial charge in [-0.05, 0) is 36.3 Å². The van der Waals surface area contributed by atoms with Crippen LogP contribution in [0.15, 0.2) is 23.2 Å². The molecule has 1 saturated heterocycles. The van der Waals surface area contributed by atoms with E-state index in [1.807, 2.05) is 13.1 Å². The second-order valence-corrected chi connectivity index (χ2v) is 8.30. The van der Waals surface area contributed by atoms with Gasteiger partial charge in [-0.1, -0.05) is 19.9 Å². The first kappa shape index (κ1) is 20.5. The van der Waals surface area contributed by atoms with Crippen LogP contribution in [0, 0.1) is 0 Å². The fraction of sp³-hybridized carbons (Fsp3) is 0.611. The smallest absolute Gasteiger partial charge is 0.231 e. The lowest BCUT2D eigenvalue weighted by Gasteiger charge is -2.27. The van der Waals surface area contributed by atoms with Gasteiger partial charge in [-0.3, -0.25) is 4.99 Å². The fourth-order valence-corrected chi connectivity index (χ4v) is 4.16. The van der Waals surface area contributed by atoms with E-state index in [4.69, 9.17) is 9.47 Å². The normalized spacial score (nSPS) is 19.5. The minimum absolute atomic E-state index is 0. The molecule has 2 N–H and O–H groups in total. The average Bonchev–Trinajstić information content (AvgIpc) is 3.25. The molecule has 0 aromatic heterocycles. The van der Waals surface area contributed by atoms with Crippen molar-refractivity contribution >= 4 is 41.7 Å². The third-order valence-electron chi connectivity index (χ3n) is 4.60. The monoisotopic (exact) mass is 477 g/mol. The zero-order valence-electron chi connectivity index (χ0n) is 15.1. The molecular weight excluding hydrogens is 449 g/mol. The number of nitrogens with one attached hydrogen (secondary N) is 2. The van der Waals surface area contributed by atoms with Crippen LogP contribution in [0.3, 0.4) is 0 Å². The molecule has 0 radical (unpaired) electrons. The van der Waals surface area contributed by atoms with Gasteiger partial charge in [0.1, 0.15) is 0 Å². The highest BCUT2D eigenvalue weighted by molar-refractivity contribution is 14.0. The van der Waals surface area contributed by atoms with Gasteiger partial charge in [-0.2, -0.15) is 11.8 Å². The Morgan fingerprint density at radius 3 is 2.80 bits per heavy atom. The van der Waals surface area contributed by atoms with E-state index in [0.717, 1.165) is 30.5 Å². The van der Waals surface area contributed by atoms with E-state index in [1.54, 1.807) is 0 Å².